The fourth-order valence-corrected chi connectivity index (χ4v) is 6.18. The number of nitrogens with zero attached hydrogens (tertiary/aromatic N) is 5. The molecule has 9 aromatic rings. The van der Waals surface area contributed by atoms with Gasteiger partial charge in [0.2, 0.25) is 0 Å². The molecule has 0 saturated carbocycles. The molecule has 0 radical (unpaired) electrons. The van der Waals surface area contributed by atoms with Crippen LogP contribution in [0.5, 0.6) is 0 Å². The van der Waals surface area contributed by atoms with Crippen LogP contribution in [0.3, 0.4) is 0 Å². The van der Waals surface area contributed by atoms with E-state index in [0.717, 1.165) is 66.4 Å². The molecule has 0 atom stereocenters. The highest BCUT2D eigenvalue weighted by molar-refractivity contribution is 6.17. The highest BCUT2D eigenvalue weighted by Crippen LogP contribution is 2.41. The molecule has 0 saturated heterocycles. The number of rotatable bonds is 5. The van der Waals surface area contributed by atoms with Crippen LogP contribution in [0, 0.1) is 0 Å². The fourth-order valence-electron chi connectivity index (χ4n) is 6.18. The highest BCUT2D eigenvalue weighted by Gasteiger charge is 2.21. The number of hydrogen-bond donors (Lipinski definition) is 0. The normalized spacial score (nSPS) is 11.4. The van der Waals surface area contributed by atoms with Crippen LogP contribution in [0.2, 0.25) is 0 Å². The van der Waals surface area contributed by atoms with Crippen molar-refractivity contribution in [2.45, 2.75) is 0 Å². The number of aromatic nitrogens is 5. The predicted octanol–water partition coefficient (Wildman–Crippen LogP) is 10.0. The standard InChI is InChI=1S/C41H25N5O/c1-4-14-26(15-5-1)37-29-20-10-11-23-32(29)42-40(43-37)30-21-12-24-33-35(30)36-31(22-13-25-34(36)47-33)41-45-38(27-16-6-2-7-17-27)44-39(46-41)28-18-8-3-9-19-28/h1-25H. The van der Waals surface area contributed by atoms with Crippen molar-refractivity contribution in [3.8, 4) is 56.8 Å². The van der Waals surface area contributed by atoms with E-state index < -0.39 is 0 Å². The first kappa shape index (κ1) is 26.8. The van der Waals surface area contributed by atoms with Crippen LogP contribution in [-0.2, 0) is 0 Å². The van der Waals surface area contributed by atoms with Gasteiger partial charge < -0.3 is 4.42 Å². The van der Waals surface area contributed by atoms with Crippen LogP contribution in [-0.4, -0.2) is 24.9 Å². The molecule has 0 spiro atoms. The summed E-state index contributed by atoms with van der Waals surface area (Å²) in [6.07, 6.45) is 0. The van der Waals surface area contributed by atoms with E-state index in [2.05, 4.69) is 24.3 Å². The van der Waals surface area contributed by atoms with Crippen molar-refractivity contribution in [1.82, 2.24) is 24.9 Å². The molecule has 0 fully saturated rings. The molecule has 0 aliphatic carbocycles. The van der Waals surface area contributed by atoms with Crippen LogP contribution in [0.25, 0.3) is 89.7 Å². The van der Waals surface area contributed by atoms with Gasteiger partial charge in [-0.2, -0.15) is 0 Å². The minimum absolute atomic E-state index is 0.560. The summed E-state index contributed by atoms with van der Waals surface area (Å²) in [7, 11) is 0. The molecular formula is C41H25N5O. The van der Waals surface area contributed by atoms with Gasteiger partial charge in [0.25, 0.3) is 0 Å². The Morgan fingerprint density at radius 1 is 0.340 bits per heavy atom. The third-order valence-corrected chi connectivity index (χ3v) is 8.35. The molecule has 9 rings (SSSR count). The first-order valence-electron chi connectivity index (χ1n) is 15.4. The lowest BCUT2D eigenvalue weighted by Gasteiger charge is -2.11. The summed E-state index contributed by atoms with van der Waals surface area (Å²) < 4.78 is 6.48. The Hall–Kier alpha value is -6.53. The number of para-hydroxylation sites is 1. The average molecular weight is 604 g/mol. The molecule has 0 N–H and O–H groups in total. The molecule has 0 bridgehead atoms. The molecule has 6 heteroatoms. The van der Waals surface area contributed by atoms with Gasteiger partial charge in [-0.15, -0.1) is 0 Å². The van der Waals surface area contributed by atoms with Gasteiger partial charge >= 0.3 is 0 Å². The number of benzene rings is 6. The van der Waals surface area contributed by atoms with Gasteiger partial charge in [-0.1, -0.05) is 133 Å². The molecule has 6 aromatic carbocycles. The summed E-state index contributed by atoms with van der Waals surface area (Å²) >= 11 is 0. The summed E-state index contributed by atoms with van der Waals surface area (Å²) in [5.74, 6) is 2.39. The molecular weight excluding hydrogens is 578 g/mol. The first-order chi connectivity index (χ1) is 23.3. The smallest absolute Gasteiger partial charge is 0.164 e. The molecule has 0 unspecified atom stereocenters. The second kappa shape index (κ2) is 11.1. The molecule has 3 aromatic heterocycles. The molecule has 0 aliphatic rings. The lowest BCUT2D eigenvalue weighted by molar-refractivity contribution is 0.669. The molecule has 6 nitrogen and oxygen atoms in total. The quantitative estimate of drug-likeness (QED) is 0.195. The summed E-state index contributed by atoms with van der Waals surface area (Å²) in [6.45, 7) is 0. The topological polar surface area (TPSA) is 77.6 Å². The van der Waals surface area contributed by atoms with Crippen molar-refractivity contribution < 1.29 is 4.42 Å². The highest BCUT2D eigenvalue weighted by atomic mass is 16.3. The lowest BCUT2D eigenvalue weighted by Crippen LogP contribution is -2.00. The average Bonchev–Trinajstić information content (AvgIpc) is 3.54. The van der Waals surface area contributed by atoms with Crippen LogP contribution in [0.15, 0.2) is 156 Å². The monoisotopic (exact) mass is 603 g/mol. The van der Waals surface area contributed by atoms with Crippen LogP contribution in [0.1, 0.15) is 0 Å². The predicted molar refractivity (Wildman–Crippen MR) is 187 cm³/mol. The van der Waals surface area contributed by atoms with Crippen molar-refractivity contribution in [3.63, 3.8) is 0 Å². The minimum Gasteiger partial charge on any atom is -0.456 e. The zero-order valence-corrected chi connectivity index (χ0v) is 25.1. The molecule has 220 valence electrons. The van der Waals surface area contributed by atoms with E-state index in [4.69, 9.17) is 29.3 Å². The van der Waals surface area contributed by atoms with Gasteiger partial charge in [0.1, 0.15) is 11.2 Å². The van der Waals surface area contributed by atoms with Crippen molar-refractivity contribution in [3.05, 3.63) is 152 Å². The van der Waals surface area contributed by atoms with Gasteiger partial charge in [-0.25, -0.2) is 24.9 Å². The Balaban J connectivity index is 1.32. The van der Waals surface area contributed by atoms with E-state index in [-0.39, 0.29) is 0 Å². The maximum absolute atomic E-state index is 6.48. The van der Waals surface area contributed by atoms with Gasteiger partial charge in [0, 0.05) is 44.0 Å². The molecule has 0 aliphatic heterocycles. The Morgan fingerprint density at radius 3 is 1.38 bits per heavy atom. The van der Waals surface area contributed by atoms with Gasteiger partial charge in [0.05, 0.1) is 11.2 Å². The molecule has 0 amide bonds. The van der Waals surface area contributed by atoms with Gasteiger partial charge in [0.15, 0.2) is 23.3 Å². The second-order valence-electron chi connectivity index (χ2n) is 11.3. The Bertz CT molecular complexity index is 2510. The summed E-state index contributed by atoms with van der Waals surface area (Å²) in [5, 5.41) is 2.81. The van der Waals surface area contributed by atoms with Crippen molar-refractivity contribution in [2.24, 2.45) is 0 Å². The zero-order valence-electron chi connectivity index (χ0n) is 25.1. The van der Waals surface area contributed by atoms with E-state index in [0.29, 0.717) is 23.3 Å². The maximum Gasteiger partial charge on any atom is 0.164 e. The Labute approximate surface area is 270 Å². The SMILES string of the molecule is c1ccc(-c2nc(-c3ccccc3)nc(-c3cccc4oc5cccc(-c6nc(-c7ccccc7)c7ccccc7n6)c5c34)n2)cc1. The largest absolute Gasteiger partial charge is 0.456 e. The first-order valence-corrected chi connectivity index (χ1v) is 15.4. The minimum atomic E-state index is 0.560. The van der Waals surface area contributed by atoms with Crippen molar-refractivity contribution >= 4 is 32.8 Å². The van der Waals surface area contributed by atoms with Gasteiger partial charge in [-0.3, -0.25) is 0 Å². The Morgan fingerprint density at radius 2 is 0.809 bits per heavy atom. The summed E-state index contributed by atoms with van der Waals surface area (Å²) in [5.41, 5.74) is 7.80. The summed E-state index contributed by atoms with van der Waals surface area (Å²) in [4.78, 5) is 25.3. The number of hydrogen-bond acceptors (Lipinski definition) is 6. The van der Waals surface area contributed by atoms with E-state index >= 15 is 0 Å². The fraction of sp³-hybridized carbons (Fsp3) is 0. The number of furan rings is 1. The molecule has 47 heavy (non-hydrogen) atoms. The van der Waals surface area contributed by atoms with Crippen LogP contribution >= 0.6 is 0 Å². The third-order valence-electron chi connectivity index (χ3n) is 8.35. The van der Waals surface area contributed by atoms with Gasteiger partial charge in [-0.05, 0) is 18.2 Å². The maximum atomic E-state index is 6.48. The van der Waals surface area contributed by atoms with Crippen LogP contribution < -0.4 is 0 Å². The summed E-state index contributed by atoms with van der Waals surface area (Å²) in [6, 6.07) is 50.4. The Kier molecular flexibility index (Phi) is 6.35. The second-order valence-corrected chi connectivity index (χ2v) is 11.3. The van der Waals surface area contributed by atoms with E-state index in [1.165, 1.54) is 0 Å². The third kappa shape index (κ3) is 4.71. The van der Waals surface area contributed by atoms with E-state index in [1.54, 1.807) is 0 Å². The van der Waals surface area contributed by atoms with Crippen molar-refractivity contribution in [2.75, 3.05) is 0 Å². The number of fused-ring (bicyclic) bond motifs is 4. The van der Waals surface area contributed by atoms with E-state index in [9.17, 15) is 0 Å². The zero-order chi connectivity index (χ0) is 31.2. The van der Waals surface area contributed by atoms with E-state index in [1.807, 2.05) is 127 Å². The van der Waals surface area contributed by atoms with Crippen molar-refractivity contribution in [1.29, 1.82) is 0 Å². The lowest BCUT2D eigenvalue weighted by atomic mass is 10.00. The molecule has 3 heterocycles. The van der Waals surface area contributed by atoms with Crippen LogP contribution in [0.4, 0.5) is 0 Å².